The highest BCUT2D eigenvalue weighted by Crippen LogP contribution is 2.57. The van der Waals surface area contributed by atoms with E-state index in [1.165, 1.54) is 26.2 Å². The molecule has 0 spiro atoms. The number of aliphatic hydroxyl groups excluding tert-OH is 3. The van der Waals surface area contributed by atoms with Gasteiger partial charge in [-0.2, -0.15) is 22.0 Å². The van der Waals surface area contributed by atoms with Crippen LogP contribution in [0.25, 0.3) is 5.76 Å². The van der Waals surface area contributed by atoms with Crippen LogP contribution in [0.5, 0.6) is 5.75 Å². The molecule has 3 aliphatic rings. The minimum Gasteiger partial charge on any atom is -0.508 e. The van der Waals surface area contributed by atoms with Crippen molar-refractivity contribution in [3.05, 3.63) is 46.2 Å². The number of aromatic hydroxyl groups is 1. The summed E-state index contributed by atoms with van der Waals surface area (Å²) in [6.07, 6.45) is -10.9. The molecule has 10 nitrogen and oxygen atoms in total. The third kappa shape index (κ3) is 3.89. The zero-order valence-electron chi connectivity index (χ0n) is 20.9. The molecule has 0 aromatic heterocycles. The van der Waals surface area contributed by atoms with Gasteiger partial charge in [0.25, 0.3) is 5.91 Å². The quantitative estimate of drug-likeness (QED) is 0.223. The molecule has 0 saturated heterocycles. The number of phenolic OH excluding ortho intramolecular Hbond substituents is 1. The highest BCUT2D eigenvalue weighted by molar-refractivity contribution is 6.24. The Balaban J connectivity index is 2.00. The van der Waals surface area contributed by atoms with E-state index in [0.29, 0.717) is 0 Å². The molecule has 3 aliphatic carbocycles. The number of Topliss-reactive ketones (excluding diaryl/α,β-unsaturated/α-hetero) is 2. The molecule has 0 heterocycles. The van der Waals surface area contributed by atoms with Gasteiger partial charge in [0, 0.05) is 17.9 Å². The SMILES string of the molecule is CN(C)[C@@H]1C(=O)C(C(N)=O)=C(O)[C@]2(O)C(=O)C3=C(O)c4c(O)cccc4[C@@H](CCC(F)(F)C(F)(F)F)[C@H]3[C@H](O)[C@@H]12. The summed E-state index contributed by atoms with van der Waals surface area (Å²) in [4.78, 5) is 40.2. The molecule has 1 amide bonds. The molecule has 1 fully saturated rings. The Morgan fingerprint density at radius 2 is 1.70 bits per heavy atom. The summed E-state index contributed by atoms with van der Waals surface area (Å²) < 4.78 is 67.0. The van der Waals surface area contributed by atoms with Gasteiger partial charge >= 0.3 is 12.1 Å². The zero-order valence-corrected chi connectivity index (χ0v) is 20.9. The first-order valence-corrected chi connectivity index (χ1v) is 11.9. The predicted molar refractivity (Wildman–Crippen MR) is 125 cm³/mol. The van der Waals surface area contributed by atoms with Crippen molar-refractivity contribution in [1.82, 2.24) is 4.90 Å². The van der Waals surface area contributed by atoms with E-state index in [-0.39, 0.29) is 5.56 Å². The van der Waals surface area contributed by atoms with Crippen molar-refractivity contribution in [2.24, 2.45) is 17.6 Å². The van der Waals surface area contributed by atoms with Crippen LogP contribution in [0.3, 0.4) is 0 Å². The largest absolute Gasteiger partial charge is 0.508 e. The number of alkyl halides is 5. The highest BCUT2D eigenvalue weighted by Gasteiger charge is 2.69. The lowest BCUT2D eigenvalue weighted by Crippen LogP contribution is -2.70. The number of nitrogens with zero attached hydrogens (tertiary/aromatic N) is 1. The number of amides is 1. The maximum absolute atomic E-state index is 14.0. The highest BCUT2D eigenvalue weighted by atomic mass is 19.4. The van der Waals surface area contributed by atoms with Crippen LogP contribution in [-0.2, 0) is 14.4 Å². The van der Waals surface area contributed by atoms with Crippen molar-refractivity contribution < 1.29 is 61.9 Å². The molecule has 0 aliphatic heterocycles. The Bertz CT molecular complexity index is 1370. The molecule has 0 radical (unpaired) electrons. The van der Waals surface area contributed by atoms with Gasteiger partial charge in [0.05, 0.1) is 23.6 Å². The zero-order chi connectivity index (χ0) is 30.3. The van der Waals surface area contributed by atoms with Crippen molar-refractivity contribution in [3.63, 3.8) is 0 Å². The number of hydrogen-bond acceptors (Lipinski definition) is 9. The third-order valence-electron chi connectivity index (χ3n) is 7.98. The number of aliphatic hydroxyl groups is 4. The second-order valence-corrected chi connectivity index (χ2v) is 10.3. The number of benzene rings is 1. The van der Waals surface area contributed by atoms with Crippen LogP contribution in [0.4, 0.5) is 22.0 Å². The number of hydrogen-bond donors (Lipinski definition) is 6. The first kappa shape index (κ1) is 29.4. The normalized spacial score (nSPS) is 30.8. The van der Waals surface area contributed by atoms with Gasteiger partial charge in [-0.15, -0.1) is 0 Å². The fraction of sp³-hybridized carbons (Fsp3) is 0.480. The maximum atomic E-state index is 14.0. The van der Waals surface area contributed by atoms with E-state index in [1.807, 2.05) is 0 Å². The van der Waals surface area contributed by atoms with Crippen molar-refractivity contribution in [2.75, 3.05) is 14.1 Å². The number of fused-ring (bicyclic) bond motifs is 3. The first-order valence-electron chi connectivity index (χ1n) is 11.9. The van der Waals surface area contributed by atoms with E-state index < -0.39 is 112 Å². The van der Waals surface area contributed by atoms with Crippen LogP contribution >= 0.6 is 0 Å². The summed E-state index contributed by atoms with van der Waals surface area (Å²) in [5, 5.41) is 55.5. The molecule has 1 aromatic rings. The van der Waals surface area contributed by atoms with Crippen molar-refractivity contribution in [3.8, 4) is 5.75 Å². The molecule has 15 heteroatoms. The number of phenols is 1. The van der Waals surface area contributed by atoms with Gasteiger partial charge in [0.15, 0.2) is 11.4 Å². The minimum absolute atomic E-state index is 0.178. The van der Waals surface area contributed by atoms with E-state index in [0.717, 1.165) is 11.0 Å². The molecular formula is C25H25F5N2O8. The number of primary amides is 1. The smallest absolute Gasteiger partial charge is 0.453 e. The third-order valence-corrected chi connectivity index (χ3v) is 7.98. The molecule has 218 valence electrons. The molecule has 0 unspecified atom stereocenters. The average molecular weight is 576 g/mol. The van der Waals surface area contributed by atoms with Gasteiger partial charge in [0.2, 0.25) is 5.78 Å². The van der Waals surface area contributed by atoms with E-state index in [1.54, 1.807) is 0 Å². The van der Waals surface area contributed by atoms with E-state index >= 15 is 0 Å². The Morgan fingerprint density at radius 1 is 1.10 bits per heavy atom. The molecule has 4 rings (SSSR count). The molecule has 40 heavy (non-hydrogen) atoms. The standard InChI is InChI=1S/C25H25F5N2O8/c1-32(2)16-15-18(35)12-9(6-7-23(26,27)25(28,29)30)8-4-3-5-10(33)11(8)17(34)13(12)20(37)24(15,40)21(38)14(19(16)36)22(31)39/h3-5,9,12,15-16,18,33-35,38,40H,6-7H2,1-2H3,(H2,31,39)/t9-,12-,15-,16+,18+,24-/m1/s1. The molecule has 0 bridgehead atoms. The number of ketones is 2. The summed E-state index contributed by atoms with van der Waals surface area (Å²) in [7, 11) is 2.53. The monoisotopic (exact) mass is 576 g/mol. The van der Waals surface area contributed by atoms with E-state index in [9.17, 15) is 61.9 Å². The Hall–Kier alpha value is -3.56. The van der Waals surface area contributed by atoms with E-state index in [2.05, 4.69) is 0 Å². The number of halogens is 5. The Morgan fingerprint density at radius 3 is 2.23 bits per heavy atom. The molecule has 1 aromatic carbocycles. The summed E-state index contributed by atoms with van der Waals surface area (Å²) in [6, 6.07) is 1.71. The average Bonchev–Trinajstić information content (AvgIpc) is 2.82. The summed E-state index contributed by atoms with van der Waals surface area (Å²) in [6.45, 7) is 0. The Kier molecular flexibility index (Phi) is 6.80. The van der Waals surface area contributed by atoms with Crippen LogP contribution < -0.4 is 5.73 Å². The van der Waals surface area contributed by atoms with E-state index in [4.69, 9.17) is 5.73 Å². The van der Waals surface area contributed by atoms with Gasteiger partial charge in [-0.05, 0) is 38.1 Å². The number of carbonyl (C=O) groups excluding carboxylic acids is 3. The second-order valence-electron chi connectivity index (χ2n) is 10.3. The van der Waals surface area contributed by atoms with Crippen LogP contribution in [0.2, 0.25) is 0 Å². The lowest BCUT2D eigenvalue weighted by molar-refractivity contribution is -0.285. The first-order chi connectivity index (χ1) is 18.3. The molecule has 1 saturated carbocycles. The summed E-state index contributed by atoms with van der Waals surface area (Å²) >= 11 is 0. The van der Waals surface area contributed by atoms with Crippen molar-refractivity contribution >= 4 is 23.2 Å². The fourth-order valence-electron chi connectivity index (χ4n) is 6.21. The summed E-state index contributed by atoms with van der Waals surface area (Å²) in [5.41, 5.74) is -0.799. The molecular weight excluding hydrogens is 551 g/mol. The molecule has 6 atom stereocenters. The van der Waals surface area contributed by atoms with Crippen molar-refractivity contribution in [2.45, 2.75) is 48.6 Å². The van der Waals surface area contributed by atoms with Crippen LogP contribution in [0.1, 0.15) is 29.9 Å². The Labute approximate surface area is 222 Å². The number of likely N-dealkylation sites (N-methyl/N-ethyl adjacent to an activating group) is 1. The molecule has 7 N–H and O–H groups in total. The predicted octanol–water partition coefficient (Wildman–Crippen LogP) is 1.45. The fourth-order valence-corrected chi connectivity index (χ4v) is 6.21. The summed E-state index contributed by atoms with van der Waals surface area (Å²) in [5.74, 6) is -18.1. The van der Waals surface area contributed by atoms with Gasteiger partial charge < -0.3 is 31.3 Å². The van der Waals surface area contributed by atoms with Gasteiger partial charge in [-0.25, -0.2) is 0 Å². The number of rotatable bonds is 5. The topological polar surface area (TPSA) is 182 Å². The van der Waals surface area contributed by atoms with Gasteiger partial charge in [-0.1, -0.05) is 12.1 Å². The van der Waals surface area contributed by atoms with Crippen LogP contribution in [0, 0.1) is 11.8 Å². The minimum atomic E-state index is -5.93. The van der Waals surface area contributed by atoms with Gasteiger partial charge in [0.1, 0.15) is 22.8 Å². The number of nitrogens with two attached hydrogens (primary N) is 1. The van der Waals surface area contributed by atoms with Gasteiger partial charge in [-0.3, -0.25) is 19.3 Å². The lowest BCUT2D eigenvalue weighted by Gasteiger charge is -2.54. The number of carbonyl (C=O) groups is 3. The maximum Gasteiger partial charge on any atom is 0.453 e. The van der Waals surface area contributed by atoms with Crippen molar-refractivity contribution in [1.29, 1.82) is 0 Å². The van der Waals surface area contributed by atoms with Crippen LogP contribution in [-0.4, -0.2) is 91.8 Å². The second kappa shape index (κ2) is 9.24. The lowest BCUT2D eigenvalue weighted by atomic mass is 9.53. The van der Waals surface area contributed by atoms with Crippen LogP contribution in [0.15, 0.2) is 35.1 Å².